The molecule has 0 spiro atoms. The minimum atomic E-state index is -2.90. The van der Waals surface area contributed by atoms with Crippen LogP contribution in [0.3, 0.4) is 0 Å². The summed E-state index contributed by atoms with van der Waals surface area (Å²) in [6.45, 7) is 3.58. The van der Waals surface area contributed by atoms with Crippen LogP contribution in [-0.4, -0.2) is 48.2 Å². The highest BCUT2D eigenvalue weighted by atomic mass is 19.3. The number of amides is 1. The fourth-order valence-electron chi connectivity index (χ4n) is 4.49. The number of allylic oxidation sites excluding steroid dienone is 5. The predicted octanol–water partition coefficient (Wildman–Crippen LogP) is 4.76. The number of alkyl halides is 2. The molecule has 1 aromatic rings. The van der Waals surface area contributed by atoms with Crippen molar-refractivity contribution in [3.63, 3.8) is 0 Å². The largest absolute Gasteiger partial charge is 0.435 e. The van der Waals surface area contributed by atoms with Gasteiger partial charge in [0.05, 0.1) is 6.04 Å². The average molecular weight is 461 g/mol. The number of nitrogens with one attached hydrogen (secondary N) is 1. The van der Waals surface area contributed by atoms with Gasteiger partial charge in [0.1, 0.15) is 11.9 Å². The summed E-state index contributed by atoms with van der Waals surface area (Å²) in [5.41, 5.74) is 1.55. The zero-order chi connectivity index (χ0) is 23.6. The van der Waals surface area contributed by atoms with E-state index in [1.807, 2.05) is 18.2 Å². The molecule has 1 heterocycles. The highest BCUT2D eigenvalue weighted by Gasteiger charge is 2.27. The Labute approximate surface area is 194 Å². The standard InChI is InChI=1S/C26H34F2N2O3/c1-19-8-4-2-3-5-9-20(16-19)17-24(31)29-23(18-30-14-6-7-15-30)25(32)21-10-12-22(13-11-21)33-26(27)28/h2-4,8,10-13,20,23,25-26,32H,1,5-7,9,14-18H2,(H,29,31)/b3-2-,8-4-/t20?,23-,25-/m1/s1. The lowest BCUT2D eigenvalue weighted by molar-refractivity contribution is -0.123. The Bertz CT molecular complexity index is 832. The number of carbonyl (C=O) groups is 1. The molecule has 7 heteroatoms. The van der Waals surface area contributed by atoms with Gasteiger partial charge in [0.2, 0.25) is 5.91 Å². The van der Waals surface area contributed by atoms with Crippen molar-refractivity contribution in [2.24, 2.45) is 5.92 Å². The quantitative estimate of drug-likeness (QED) is 0.558. The third kappa shape index (κ3) is 8.41. The summed E-state index contributed by atoms with van der Waals surface area (Å²) in [6, 6.07) is 5.43. The molecule has 2 N–H and O–H groups in total. The van der Waals surface area contributed by atoms with Crippen molar-refractivity contribution in [2.45, 2.75) is 57.3 Å². The summed E-state index contributed by atoms with van der Waals surface area (Å²) < 4.78 is 29.2. The number of nitrogens with zero attached hydrogens (tertiary/aromatic N) is 1. The smallest absolute Gasteiger partial charge is 0.387 e. The summed E-state index contributed by atoms with van der Waals surface area (Å²) in [7, 11) is 0. The fraction of sp³-hybridized carbons (Fsp3) is 0.500. The molecule has 1 fully saturated rings. The van der Waals surface area contributed by atoms with E-state index < -0.39 is 18.8 Å². The lowest BCUT2D eigenvalue weighted by Crippen LogP contribution is -2.47. The first-order valence-corrected chi connectivity index (χ1v) is 11.7. The number of aliphatic hydroxyl groups excluding tert-OH is 1. The van der Waals surface area contributed by atoms with Gasteiger partial charge in [0.15, 0.2) is 0 Å². The highest BCUT2D eigenvalue weighted by Crippen LogP contribution is 2.25. The molecule has 1 unspecified atom stereocenters. The first-order valence-electron chi connectivity index (χ1n) is 11.7. The molecule has 3 rings (SSSR count). The summed E-state index contributed by atoms with van der Waals surface area (Å²) >= 11 is 0. The maximum Gasteiger partial charge on any atom is 0.387 e. The topological polar surface area (TPSA) is 61.8 Å². The molecule has 3 atom stereocenters. The average Bonchev–Trinajstić information content (AvgIpc) is 3.30. The number of carbonyl (C=O) groups excluding carboxylic acids is 1. The molecule has 0 aromatic heterocycles. The Kier molecular flexibility index (Phi) is 9.63. The van der Waals surface area contributed by atoms with Gasteiger partial charge in [0, 0.05) is 13.0 Å². The first-order chi connectivity index (χ1) is 15.9. The second-order valence-corrected chi connectivity index (χ2v) is 8.87. The van der Waals surface area contributed by atoms with Crippen LogP contribution in [0.15, 0.2) is 60.7 Å². The summed E-state index contributed by atoms with van der Waals surface area (Å²) in [4.78, 5) is 15.2. The molecule has 0 saturated carbocycles. The van der Waals surface area contributed by atoms with E-state index >= 15 is 0 Å². The third-order valence-corrected chi connectivity index (χ3v) is 6.17. The minimum Gasteiger partial charge on any atom is -0.435 e. The van der Waals surface area contributed by atoms with Crippen LogP contribution in [-0.2, 0) is 4.79 Å². The number of rotatable bonds is 9. The van der Waals surface area contributed by atoms with Crippen molar-refractivity contribution in [3.8, 4) is 5.75 Å². The molecule has 1 aliphatic heterocycles. The molecule has 5 nitrogen and oxygen atoms in total. The van der Waals surface area contributed by atoms with Crippen LogP contribution in [0.2, 0.25) is 0 Å². The molecular formula is C26H34F2N2O3. The molecule has 0 radical (unpaired) electrons. The number of benzene rings is 1. The molecule has 0 bridgehead atoms. The van der Waals surface area contributed by atoms with Gasteiger partial charge in [-0.2, -0.15) is 8.78 Å². The van der Waals surface area contributed by atoms with E-state index in [1.165, 1.54) is 12.1 Å². The molecule has 2 aliphatic rings. The number of likely N-dealkylation sites (tertiary alicyclic amines) is 1. The van der Waals surface area contributed by atoms with E-state index in [4.69, 9.17) is 0 Å². The van der Waals surface area contributed by atoms with Crippen molar-refractivity contribution in [1.82, 2.24) is 10.2 Å². The van der Waals surface area contributed by atoms with Crippen molar-refractivity contribution in [3.05, 3.63) is 66.3 Å². The Balaban J connectivity index is 1.66. The number of halogens is 2. The molecular weight excluding hydrogens is 426 g/mol. The Hall–Kier alpha value is -2.51. The monoisotopic (exact) mass is 460 g/mol. The lowest BCUT2D eigenvalue weighted by atomic mass is 9.91. The lowest BCUT2D eigenvalue weighted by Gasteiger charge is -2.29. The molecule has 1 aromatic carbocycles. The van der Waals surface area contributed by atoms with Crippen molar-refractivity contribution in [1.29, 1.82) is 0 Å². The number of ether oxygens (including phenoxy) is 1. The number of aliphatic hydroxyl groups is 1. The summed E-state index contributed by atoms with van der Waals surface area (Å²) in [6.07, 6.45) is 12.2. The number of hydrogen-bond donors (Lipinski definition) is 2. The first kappa shape index (κ1) is 25.1. The summed E-state index contributed by atoms with van der Waals surface area (Å²) in [5, 5.41) is 14.1. The summed E-state index contributed by atoms with van der Waals surface area (Å²) in [5.74, 6) is 0.116. The Morgan fingerprint density at radius 2 is 1.94 bits per heavy atom. The van der Waals surface area contributed by atoms with Gasteiger partial charge in [-0.15, -0.1) is 0 Å². The van der Waals surface area contributed by atoms with Crippen LogP contribution in [0.4, 0.5) is 8.78 Å². The maximum absolute atomic E-state index is 13.0. The van der Waals surface area contributed by atoms with E-state index in [9.17, 15) is 18.7 Å². The van der Waals surface area contributed by atoms with Gasteiger partial charge in [-0.25, -0.2) is 0 Å². The second-order valence-electron chi connectivity index (χ2n) is 8.87. The van der Waals surface area contributed by atoms with Crippen LogP contribution in [0.1, 0.15) is 50.2 Å². The zero-order valence-electron chi connectivity index (χ0n) is 19.0. The van der Waals surface area contributed by atoms with Crippen LogP contribution >= 0.6 is 0 Å². The molecule has 33 heavy (non-hydrogen) atoms. The molecule has 1 aliphatic carbocycles. The molecule has 180 valence electrons. The van der Waals surface area contributed by atoms with Gasteiger partial charge in [-0.1, -0.05) is 48.6 Å². The van der Waals surface area contributed by atoms with Crippen LogP contribution in [0.5, 0.6) is 5.75 Å². The Morgan fingerprint density at radius 1 is 1.21 bits per heavy atom. The zero-order valence-corrected chi connectivity index (χ0v) is 19.0. The van der Waals surface area contributed by atoms with Crippen LogP contribution in [0, 0.1) is 5.92 Å². The van der Waals surface area contributed by atoms with Gasteiger partial charge in [-0.05, 0) is 68.8 Å². The third-order valence-electron chi connectivity index (χ3n) is 6.17. The van der Waals surface area contributed by atoms with E-state index in [2.05, 4.69) is 27.6 Å². The van der Waals surface area contributed by atoms with E-state index in [1.54, 1.807) is 12.1 Å². The van der Waals surface area contributed by atoms with Crippen molar-refractivity contribution < 1.29 is 23.4 Å². The highest BCUT2D eigenvalue weighted by molar-refractivity contribution is 5.76. The SMILES string of the molecule is C=C1/C=C\C=C/CCC(CC(=O)N[C@H](CN2CCCC2)[C@H](O)c2ccc(OC(F)F)cc2)C1. The van der Waals surface area contributed by atoms with Crippen LogP contribution < -0.4 is 10.1 Å². The van der Waals surface area contributed by atoms with E-state index in [0.717, 1.165) is 50.8 Å². The minimum absolute atomic E-state index is 0.0320. The maximum atomic E-state index is 13.0. The van der Waals surface area contributed by atoms with Crippen molar-refractivity contribution in [2.75, 3.05) is 19.6 Å². The van der Waals surface area contributed by atoms with Crippen LogP contribution in [0.25, 0.3) is 0 Å². The Morgan fingerprint density at radius 3 is 2.64 bits per heavy atom. The van der Waals surface area contributed by atoms with E-state index in [0.29, 0.717) is 18.5 Å². The van der Waals surface area contributed by atoms with Crippen molar-refractivity contribution >= 4 is 5.91 Å². The van der Waals surface area contributed by atoms with Gasteiger partial charge < -0.3 is 20.1 Å². The van der Waals surface area contributed by atoms with E-state index in [-0.39, 0.29) is 17.6 Å². The fourth-order valence-corrected chi connectivity index (χ4v) is 4.49. The van der Waals surface area contributed by atoms with Gasteiger partial charge in [-0.3, -0.25) is 4.79 Å². The van der Waals surface area contributed by atoms with Gasteiger partial charge >= 0.3 is 6.61 Å². The number of hydrogen-bond acceptors (Lipinski definition) is 4. The normalized spacial score (nSPS) is 23.3. The molecule has 1 saturated heterocycles. The predicted molar refractivity (Wildman–Crippen MR) is 125 cm³/mol. The molecule has 1 amide bonds. The van der Waals surface area contributed by atoms with Gasteiger partial charge in [0.25, 0.3) is 0 Å². The second kappa shape index (κ2) is 12.7.